The molecule has 0 spiro atoms. The van der Waals surface area contributed by atoms with Gasteiger partial charge in [0.2, 0.25) is 0 Å². The fraction of sp³-hybridized carbons (Fsp3) is 0.727. The van der Waals surface area contributed by atoms with E-state index >= 15 is 0 Å². The average molecular weight is 275 g/mol. The molecule has 0 saturated carbocycles. The van der Waals surface area contributed by atoms with Crippen LogP contribution in [0.25, 0.3) is 0 Å². The number of carbonyl (C=O) groups excluding carboxylic acids is 3. The molecule has 110 valence electrons. The topological polar surface area (TPSA) is 148 Å². The standard InChI is InChI=1S/C11H21N3O5/c1-8(16)11(13,14)6-9(17)10(7-15)19-5-4-18-3-2-12/h7,10H,2-6,12-14H2,1H3. The van der Waals surface area contributed by atoms with Crippen LogP contribution in [-0.2, 0) is 23.9 Å². The molecule has 0 bridgehead atoms. The molecule has 8 nitrogen and oxygen atoms in total. The lowest BCUT2D eigenvalue weighted by Crippen LogP contribution is -2.57. The fourth-order valence-corrected chi connectivity index (χ4v) is 1.14. The first-order valence-corrected chi connectivity index (χ1v) is 5.81. The molecule has 0 aromatic heterocycles. The van der Waals surface area contributed by atoms with Gasteiger partial charge in [0.15, 0.2) is 24.0 Å². The Balaban J connectivity index is 4.18. The third-order valence-electron chi connectivity index (χ3n) is 2.35. The highest BCUT2D eigenvalue weighted by Gasteiger charge is 2.32. The summed E-state index contributed by atoms with van der Waals surface area (Å²) in [5.41, 5.74) is 14.3. The van der Waals surface area contributed by atoms with Crippen molar-refractivity contribution in [1.82, 2.24) is 0 Å². The van der Waals surface area contributed by atoms with E-state index in [1.54, 1.807) is 0 Å². The summed E-state index contributed by atoms with van der Waals surface area (Å²) < 4.78 is 10.0. The molecule has 0 aliphatic rings. The summed E-state index contributed by atoms with van der Waals surface area (Å²) in [5.74, 6) is -1.19. The molecule has 8 heteroatoms. The minimum atomic E-state index is -1.78. The Morgan fingerprint density at radius 2 is 1.89 bits per heavy atom. The van der Waals surface area contributed by atoms with Crippen molar-refractivity contribution in [3.63, 3.8) is 0 Å². The van der Waals surface area contributed by atoms with Crippen LogP contribution in [0.1, 0.15) is 13.3 Å². The maximum absolute atomic E-state index is 11.7. The lowest BCUT2D eigenvalue weighted by atomic mass is 9.98. The number of Topliss-reactive ketones (excluding diaryl/α,β-unsaturated/α-hetero) is 2. The maximum Gasteiger partial charge on any atom is 0.172 e. The van der Waals surface area contributed by atoms with Gasteiger partial charge in [-0.1, -0.05) is 0 Å². The second kappa shape index (κ2) is 8.83. The lowest BCUT2D eigenvalue weighted by Gasteiger charge is -2.21. The van der Waals surface area contributed by atoms with E-state index in [9.17, 15) is 14.4 Å². The van der Waals surface area contributed by atoms with Crippen LogP contribution in [0.4, 0.5) is 0 Å². The van der Waals surface area contributed by atoms with Crippen LogP contribution in [0, 0.1) is 0 Å². The third-order valence-corrected chi connectivity index (χ3v) is 2.35. The van der Waals surface area contributed by atoms with Crippen LogP contribution in [0.5, 0.6) is 0 Å². The Bertz CT molecular complexity index is 319. The third kappa shape index (κ3) is 7.09. The van der Waals surface area contributed by atoms with Gasteiger partial charge in [-0.15, -0.1) is 0 Å². The molecular weight excluding hydrogens is 254 g/mol. The molecule has 0 aromatic carbocycles. The van der Waals surface area contributed by atoms with Crippen molar-refractivity contribution in [3.8, 4) is 0 Å². The number of hydrogen-bond acceptors (Lipinski definition) is 8. The molecule has 0 fully saturated rings. The first-order valence-electron chi connectivity index (χ1n) is 5.81. The van der Waals surface area contributed by atoms with E-state index in [0.717, 1.165) is 0 Å². The predicted molar refractivity (Wildman–Crippen MR) is 67.1 cm³/mol. The van der Waals surface area contributed by atoms with Gasteiger partial charge in [0.25, 0.3) is 0 Å². The second-order valence-electron chi connectivity index (χ2n) is 4.07. The van der Waals surface area contributed by atoms with Gasteiger partial charge in [0.1, 0.15) is 5.66 Å². The lowest BCUT2D eigenvalue weighted by molar-refractivity contribution is -0.140. The summed E-state index contributed by atoms with van der Waals surface area (Å²) in [6.07, 6.45) is -1.43. The molecule has 0 aliphatic heterocycles. The van der Waals surface area contributed by atoms with Gasteiger partial charge < -0.3 is 26.7 Å². The van der Waals surface area contributed by atoms with Gasteiger partial charge in [-0.2, -0.15) is 0 Å². The van der Waals surface area contributed by atoms with E-state index in [4.69, 9.17) is 26.7 Å². The Hall–Kier alpha value is -1.19. The number of rotatable bonds is 11. The molecule has 1 unspecified atom stereocenters. The highest BCUT2D eigenvalue weighted by molar-refractivity contribution is 6.00. The molecule has 0 saturated heterocycles. The molecular formula is C11H21N3O5. The highest BCUT2D eigenvalue weighted by atomic mass is 16.5. The van der Waals surface area contributed by atoms with E-state index in [-0.39, 0.29) is 13.2 Å². The number of carbonyl (C=O) groups is 3. The SMILES string of the molecule is CC(=O)C(N)(N)CC(=O)C(C=O)OCCOCCN. The van der Waals surface area contributed by atoms with Gasteiger partial charge in [0.05, 0.1) is 19.8 Å². The number of hydrogen-bond donors (Lipinski definition) is 3. The second-order valence-corrected chi connectivity index (χ2v) is 4.07. The zero-order valence-corrected chi connectivity index (χ0v) is 11.0. The molecule has 0 radical (unpaired) electrons. The summed E-state index contributed by atoms with van der Waals surface area (Å²) in [4.78, 5) is 33.5. The fourth-order valence-electron chi connectivity index (χ4n) is 1.14. The summed E-state index contributed by atoms with van der Waals surface area (Å²) in [6.45, 7) is 2.17. The quantitative estimate of drug-likeness (QED) is 0.165. The normalized spacial score (nSPS) is 13.1. The van der Waals surface area contributed by atoms with Crippen LogP contribution in [0.3, 0.4) is 0 Å². The Morgan fingerprint density at radius 1 is 1.26 bits per heavy atom. The van der Waals surface area contributed by atoms with Crippen LogP contribution in [0.15, 0.2) is 0 Å². The predicted octanol–water partition coefficient (Wildman–Crippen LogP) is -2.29. The first kappa shape index (κ1) is 17.8. The molecule has 0 rings (SSSR count). The zero-order chi connectivity index (χ0) is 14.9. The Labute approximate surface area is 111 Å². The van der Waals surface area contributed by atoms with E-state index in [2.05, 4.69) is 0 Å². The van der Waals surface area contributed by atoms with Crippen LogP contribution >= 0.6 is 0 Å². The molecule has 0 heterocycles. The Morgan fingerprint density at radius 3 is 2.37 bits per heavy atom. The van der Waals surface area contributed by atoms with Crippen molar-refractivity contribution < 1.29 is 23.9 Å². The maximum atomic E-state index is 11.7. The van der Waals surface area contributed by atoms with E-state index in [1.165, 1.54) is 6.92 Å². The van der Waals surface area contributed by atoms with Crippen LogP contribution in [0.2, 0.25) is 0 Å². The number of ether oxygens (including phenoxy) is 2. The first-order chi connectivity index (χ1) is 8.85. The monoisotopic (exact) mass is 275 g/mol. The number of ketones is 2. The van der Waals surface area contributed by atoms with Crippen LogP contribution in [-0.4, -0.2) is 56.0 Å². The molecule has 0 aromatic rings. The molecule has 0 aliphatic carbocycles. The van der Waals surface area contributed by atoms with Gasteiger partial charge in [-0.3, -0.25) is 14.4 Å². The van der Waals surface area contributed by atoms with Gasteiger partial charge in [-0.05, 0) is 6.92 Å². The van der Waals surface area contributed by atoms with Crippen molar-refractivity contribution in [2.75, 3.05) is 26.4 Å². The minimum Gasteiger partial charge on any atom is -0.378 e. The molecule has 0 amide bonds. The van der Waals surface area contributed by atoms with Crippen molar-refractivity contribution in [3.05, 3.63) is 0 Å². The average Bonchev–Trinajstić information content (AvgIpc) is 2.32. The minimum absolute atomic E-state index is 0.0529. The Kier molecular flexibility index (Phi) is 8.28. The number of nitrogens with two attached hydrogens (primary N) is 3. The van der Waals surface area contributed by atoms with Crippen molar-refractivity contribution in [1.29, 1.82) is 0 Å². The summed E-state index contributed by atoms with van der Waals surface area (Å²) in [5, 5.41) is 0. The highest BCUT2D eigenvalue weighted by Crippen LogP contribution is 2.05. The van der Waals surface area contributed by atoms with E-state index in [1.807, 2.05) is 0 Å². The van der Waals surface area contributed by atoms with Gasteiger partial charge in [0, 0.05) is 13.0 Å². The largest absolute Gasteiger partial charge is 0.378 e. The van der Waals surface area contributed by atoms with Gasteiger partial charge >= 0.3 is 0 Å². The summed E-state index contributed by atoms with van der Waals surface area (Å²) >= 11 is 0. The van der Waals surface area contributed by atoms with Crippen molar-refractivity contribution >= 4 is 17.9 Å². The summed E-state index contributed by atoms with van der Waals surface area (Å²) in [7, 11) is 0. The smallest absolute Gasteiger partial charge is 0.172 e. The molecule has 19 heavy (non-hydrogen) atoms. The molecule has 1 atom stereocenters. The molecule has 6 N–H and O–H groups in total. The number of aldehydes is 1. The van der Waals surface area contributed by atoms with E-state index in [0.29, 0.717) is 19.4 Å². The van der Waals surface area contributed by atoms with Crippen molar-refractivity contribution in [2.24, 2.45) is 17.2 Å². The summed E-state index contributed by atoms with van der Waals surface area (Å²) in [6, 6.07) is 0. The van der Waals surface area contributed by atoms with Crippen LogP contribution < -0.4 is 17.2 Å². The zero-order valence-electron chi connectivity index (χ0n) is 11.0. The van der Waals surface area contributed by atoms with Crippen molar-refractivity contribution in [2.45, 2.75) is 25.1 Å². The van der Waals surface area contributed by atoms with Gasteiger partial charge in [-0.25, -0.2) is 0 Å². The van der Waals surface area contributed by atoms with E-state index < -0.39 is 29.8 Å².